The number of hydrogen-bond donors (Lipinski definition) is 6. The van der Waals surface area contributed by atoms with E-state index in [4.69, 9.17) is 36.8 Å². The lowest BCUT2D eigenvalue weighted by Crippen LogP contribution is -2.59. The van der Waals surface area contributed by atoms with Crippen LogP contribution in [0.1, 0.15) is 48.9 Å². The maximum atomic E-state index is 12.4. The summed E-state index contributed by atoms with van der Waals surface area (Å²) in [6, 6.07) is 14.7. The summed E-state index contributed by atoms with van der Waals surface area (Å²) in [5.74, 6) is -4.38. The van der Waals surface area contributed by atoms with E-state index in [-0.39, 0.29) is 43.6 Å². The standard InChI is InChI=1S/C26H32ClN3O4S.2C4H4O4/c1-18(31)30-16-23(17-30)35(32,33)29-13-14-34-22-8-3-19-9-12-28-25(24(19)15-22)26(10-2-11-26)20-4-6-21(27)7-5-20;2*5-3(6)1-2-4(7)8/h3-8,15,23,25,28-29H,2,9-14,16-17H2,1H3;2*1-2H,(H,5,6)(H,7,8). The van der Waals surface area contributed by atoms with Crippen LogP contribution in [0.25, 0.3) is 0 Å². The van der Waals surface area contributed by atoms with E-state index in [1.165, 1.54) is 34.9 Å². The molecular formula is C34H40ClN3O12S. The highest BCUT2D eigenvalue weighted by Gasteiger charge is 2.47. The average Bonchev–Trinajstić information content (AvgIpc) is 3.01. The van der Waals surface area contributed by atoms with E-state index in [9.17, 15) is 32.4 Å². The minimum absolute atomic E-state index is 0.0462. The van der Waals surface area contributed by atoms with Crippen LogP contribution in [-0.2, 0) is 45.8 Å². The first-order valence-corrected chi connectivity index (χ1v) is 17.7. The van der Waals surface area contributed by atoms with Crippen LogP contribution in [-0.4, -0.2) is 102 Å². The molecule has 1 atom stereocenters. The number of nitrogens with zero attached hydrogens (tertiary/aromatic N) is 1. The molecule has 2 heterocycles. The zero-order valence-electron chi connectivity index (χ0n) is 27.7. The van der Waals surface area contributed by atoms with E-state index < -0.39 is 39.2 Å². The van der Waals surface area contributed by atoms with Crippen LogP contribution in [0.3, 0.4) is 0 Å². The third kappa shape index (κ3) is 11.9. The van der Waals surface area contributed by atoms with Gasteiger partial charge in [-0.15, -0.1) is 0 Å². The molecule has 1 saturated carbocycles. The van der Waals surface area contributed by atoms with Gasteiger partial charge in [-0.2, -0.15) is 0 Å². The van der Waals surface area contributed by atoms with Gasteiger partial charge in [-0.1, -0.05) is 36.2 Å². The van der Waals surface area contributed by atoms with E-state index in [2.05, 4.69) is 34.3 Å². The molecule has 0 radical (unpaired) electrons. The Morgan fingerprint density at radius 2 is 1.47 bits per heavy atom. The number of aliphatic carboxylic acids is 4. The topological polar surface area (TPSA) is 237 Å². The van der Waals surface area contributed by atoms with Gasteiger partial charge in [0, 0.05) is 67.3 Å². The monoisotopic (exact) mass is 749 g/mol. The van der Waals surface area contributed by atoms with Crippen molar-refractivity contribution in [3.63, 3.8) is 0 Å². The summed E-state index contributed by atoms with van der Waals surface area (Å²) < 4.78 is 33.4. The molecule has 3 aliphatic rings. The fourth-order valence-corrected chi connectivity index (χ4v) is 7.33. The zero-order valence-corrected chi connectivity index (χ0v) is 29.2. The minimum Gasteiger partial charge on any atom is -0.492 e. The fourth-order valence-electron chi connectivity index (χ4n) is 5.84. The summed E-state index contributed by atoms with van der Waals surface area (Å²) in [6.07, 6.45) is 6.66. The van der Waals surface area contributed by atoms with Gasteiger partial charge < -0.3 is 35.4 Å². The highest BCUT2D eigenvalue weighted by Crippen LogP contribution is 2.53. The van der Waals surface area contributed by atoms with Crippen LogP contribution < -0.4 is 14.8 Å². The molecule has 1 amide bonds. The number of amides is 1. The maximum Gasteiger partial charge on any atom is 0.328 e. The minimum atomic E-state index is -3.46. The summed E-state index contributed by atoms with van der Waals surface area (Å²) >= 11 is 6.16. The van der Waals surface area contributed by atoms with E-state index in [1.807, 2.05) is 18.2 Å². The highest BCUT2D eigenvalue weighted by atomic mass is 35.5. The van der Waals surface area contributed by atoms with Gasteiger partial charge in [-0.25, -0.2) is 32.3 Å². The largest absolute Gasteiger partial charge is 0.492 e. The Hall–Kier alpha value is -4.77. The van der Waals surface area contributed by atoms with Gasteiger partial charge in [0.1, 0.15) is 17.6 Å². The normalized spacial score (nSPS) is 17.8. The number of fused-ring (bicyclic) bond motifs is 1. The number of likely N-dealkylation sites (tertiary alicyclic amines) is 1. The predicted octanol–water partition coefficient (Wildman–Crippen LogP) is 2.60. The molecule has 1 aliphatic carbocycles. The van der Waals surface area contributed by atoms with Crippen molar-refractivity contribution < 1.29 is 57.6 Å². The number of carboxylic acids is 4. The number of carbonyl (C=O) groups excluding carboxylic acids is 1. The van der Waals surface area contributed by atoms with Crippen LogP contribution in [0.15, 0.2) is 66.8 Å². The SMILES string of the molecule is CC(=O)N1CC(S(=O)(=O)NCCOc2ccc3c(c2)C(C2(c4ccc(Cl)cc4)CCC2)NCC3)C1.O=C(O)C=CC(=O)O.O=C(O)C=CC(=O)O. The summed E-state index contributed by atoms with van der Waals surface area (Å²) in [5, 5.41) is 35.2. The molecule has 0 aromatic heterocycles. The number of rotatable bonds is 12. The molecule has 1 unspecified atom stereocenters. The molecule has 2 aliphatic heterocycles. The van der Waals surface area contributed by atoms with Gasteiger partial charge in [0.05, 0.1) is 0 Å². The summed E-state index contributed by atoms with van der Waals surface area (Å²) in [6.45, 7) is 3.32. The maximum absolute atomic E-state index is 12.4. The van der Waals surface area contributed by atoms with Crippen LogP contribution in [0.2, 0.25) is 5.02 Å². The van der Waals surface area contributed by atoms with Crippen LogP contribution >= 0.6 is 11.6 Å². The average molecular weight is 750 g/mol. The predicted molar refractivity (Wildman–Crippen MR) is 185 cm³/mol. The highest BCUT2D eigenvalue weighted by molar-refractivity contribution is 7.90. The van der Waals surface area contributed by atoms with Crippen molar-refractivity contribution in [1.82, 2.24) is 14.9 Å². The van der Waals surface area contributed by atoms with Gasteiger partial charge in [-0.05, 0) is 66.8 Å². The first kappa shape index (κ1) is 40.7. The van der Waals surface area contributed by atoms with Crippen molar-refractivity contribution in [2.75, 3.05) is 32.8 Å². The van der Waals surface area contributed by atoms with Crippen LogP contribution in [0.5, 0.6) is 5.75 Å². The molecule has 5 rings (SSSR count). The zero-order chi connectivity index (χ0) is 37.8. The molecule has 2 fully saturated rings. The number of benzene rings is 2. The smallest absolute Gasteiger partial charge is 0.328 e. The Balaban J connectivity index is 0.000000366. The molecule has 0 bridgehead atoms. The Kier molecular flexibility index (Phi) is 14.7. The van der Waals surface area contributed by atoms with E-state index >= 15 is 0 Å². The van der Waals surface area contributed by atoms with Crippen LogP contribution in [0, 0.1) is 0 Å². The summed E-state index contributed by atoms with van der Waals surface area (Å²) in [7, 11) is -3.46. The van der Waals surface area contributed by atoms with Crippen molar-refractivity contribution in [3.05, 3.63) is 88.5 Å². The molecule has 6 N–H and O–H groups in total. The molecule has 2 aromatic rings. The quantitative estimate of drug-likeness (QED) is 0.135. The first-order chi connectivity index (χ1) is 24.0. The second kappa shape index (κ2) is 18.5. The molecule has 2 aromatic carbocycles. The molecule has 1 saturated heterocycles. The summed E-state index contributed by atoms with van der Waals surface area (Å²) in [5.41, 5.74) is 3.97. The van der Waals surface area contributed by atoms with Crippen molar-refractivity contribution in [3.8, 4) is 5.75 Å². The van der Waals surface area contributed by atoms with E-state index in [1.54, 1.807) is 0 Å². The second-order valence-electron chi connectivity index (χ2n) is 11.9. The molecule has 276 valence electrons. The van der Waals surface area contributed by atoms with Gasteiger partial charge in [-0.3, -0.25) is 4.79 Å². The molecule has 15 nitrogen and oxygen atoms in total. The van der Waals surface area contributed by atoms with Crippen LogP contribution in [0.4, 0.5) is 0 Å². The number of halogens is 1. The lowest BCUT2D eigenvalue weighted by molar-refractivity contribution is -0.134. The Morgan fingerprint density at radius 1 is 0.922 bits per heavy atom. The second-order valence-corrected chi connectivity index (χ2v) is 14.3. The Morgan fingerprint density at radius 3 is 1.94 bits per heavy atom. The summed E-state index contributed by atoms with van der Waals surface area (Å²) in [4.78, 5) is 51.0. The molecule has 51 heavy (non-hydrogen) atoms. The molecular weight excluding hydrogens is 710 g/mol. The lowest BCUT2D eigenvalue weighted by atomic mass is 9.58. The number of carbonyl (C=O) groups is 5. The van der Waals surface area contributed by atoms with Gasteiger partial charge in [0.15, 0.2) is 0 Å². The van der Waals surface area contributed by atoms with Gasteiger partial charge >= 0.3 is 23.9 Å². The van der Waals surface area contributed by atoms with Gasteiger partial charge in [0.25, 0.3) is 0 Å². The van der Waals surface area contributed by atoms with E-state index in [0.29, 0.717) is 24.3 Å². The van der Waals surface area contributed by atoms with Crippen molar-refractivity contribution in [2.45, 2.75) is 49.3 Å². The third-order valence-corrected chi connectivity index (χ3v) is 10.6. The van der Waals surface area contributed by atoms with E-state index in [0.717, 1.165) is 36.6 Å². The molecule has 0 spiro atoms. The number of nitrogens with one attached hydrogen (secondary N) is 2. The van der Waals surface area contributed by atoms with Crippen molar-refractivity contribution in [1.29, 1.82) is 0 Å². The Bertz CT molecular complexity index is 1690. The fraction of sp³-hybridized carbons (Fsp3) is 0.382. The van der Waals surface area contributed by atoms with Crippen molar-refractivity contribution >= 4 is 51.4 Å². The third-order valence-electron chi connectivity index (χ3n) is 8.53. The van der Waals surface area contributed by atoms with Crippen molar-refractivity contribution in [2.24, 2.45) is 0 Å². The number of ether oxygens (including phenoxy) is 1. The Labute approximate surface area is 299 Å². The molecule has 17 heteroatoms. The number of sulfonamides is 1. The number of carboxylic acid groups (broad SMARTS) is 4. The lowest BCUT2D eigenvalue weighted by Gasteiger charge is -2.50. The number of hydrogen-bond acceptors (Lipinski definition) is 9. The first-order valence-electron chi connectivity index (χ1n) is 15.8. The van der Waals surface area contributed by atoms with Gasteiger partial charge in [0.2, 0.25) is 15.9 Å².